The molecule has 0 aliphatic heterocycles. The molecule has 0 aliphatic rings. The number of ether oxygens (including phenoxy) is 1. The Morgan fingerprint density at radius 1 is 1.11 bits per heavy atom. The number of fused-ring (bicyclic) bond motifs is 1. The van der Waals surface area contributed by atoms with Crippen molar-refractivity contribution in [2.45, 2.75) is 20.4 Å². The molecule has 0 atom stereocenters. The molecule has 0 radical (unpaired) electrons. The van der Waals surface area contributed by atoms with Crippen molar-refractivity contribution in [3.05, 3.63) is 40.9 Å². The summed E-state index contributed by atoms with van der Waals surface area (Å²) < 4.78 is 6.08. The maximum Gasteiger partial charge on any atom is 0.326 e. The minimum atomic E-state index is -0.740. The summed E-state index contributed by atoms with van der Waals surface area (Å²) in [7, 11) is 1.47. The summed E-state index contributed by atoms with van der Waals surface area (Å²) in [5.74, 6) is -1.42. The third-order valence-electron chi connectivity index (χ3n) is 4.30. The zero-order valence-electron chi connectivity index (χ0n) is 16.3. The number of nitrogens with zero attached hydrogens (tertiary/aromatic N) is 4. The third-order valence-corrected chi connectivity index (χ3v) is 4.30. The summed E-state index contributed by atoms with van der Waals surface area (Å²) in [5, 5.41) is 0.392. The Hall–Kier alpha value is -3.23. The molecule has 1 aromatic carbocycles. The summed E-state index contributed by atoms with van der Waals surface area (Å²) in [4.78, 5) is 55.4. The first-order chi connectivity index (χ1) is 13.4. The Labute approximate surface area is 162 Å². The second-order valence-corrected chi connectivity index (χ2v) is 6.17. The highest BCUT2D eigenvalue weighted by Gasteiger charge is 2.18. The zero-order chi connectivity index (χ0) is 20.7. The first-order valence-electron chi connectivity index (χ1n) is 8.98. The van der Waals surface area contributed by atoms with E-state index in [1.165, 1.54) is 18.3 Å². The molecule has 0 fully saturated rings. The molecule has 150 valence electrons. The van der Waals surface area contributed by atoms with Gasteiger partial charge in [-0.3, -0.25) is 23.7 Å². The van der Waals surface area contributed by atoms with Crippen LogP contribution in [0.4, 0.5) is 0 Å². The van der Waals surface area contributed by atoms with Crippen LogP contribution in [0.3, 0.4) is 0 Å². The van der Waals surface area contributed by atoms with Crippen LogP contribution in [-0.4, -0.2) is 70.4 Å². The van der Waals surface area contributed by atoms with Gasteiger partial charge in [-0.05, 0) is 26.0 Å². The van der Waals surface area contributed by atoms with E-state index in [1.54, 1.807) is 29.2 Å². The summed E-state index contributed by atoms with van der Waals surface area (Å²) in [5.41, 5.74) is 0.169. The van der Waals surface area contributed by atoms with Gasteiger partial charge in [0.05, 0.1) is 23.8 Å². The smallest absolute Gasteiger partial charge is 0.326 e. The number of benzene rings is 1. The van der Waals surface area contributed by atoms with E-state index < -0.39 is 18.5 Å². The van der Waals surface area contributed by atoms with Crippen molar-refractivity contribution >= 4 is 28.7 Å². The first-order valence-corrected chi connectivity index (χ1v) is 8.98. The van der Waals surface area contributed by atoms with Crippen LogP contribution in [0.25, 0.3) is 10.9 Å². The Kier molecular flexibility index (Phi) is 7.25. The average Bonchev–Trinajstić information content (AvgIpc) is 2.69. The highest BCUT2D eigenvalue weighted by Crippen LogP contribution is 2.04. The van der Waals surface area contributed by atoms with Crippen molar-refractivity contribution in [1.29, 1.82) is 0 Å². The molecule has 28 heavy (non-hydrogen) atoms. The molecule has 0 saturated heterocycles. The molecule has 0 N–H and O–H groups in total. The van der Waals surface area contributed by atoms with Gasteiger partial charge in [-0.1, -0.05) is 12.1 Å². The minimum absolute atomic E-state index is 0.0912. The molecule has 9 nitrogen and oxygen atoms in total. The lowest BCUT2D eigenvalue weighted by molar-refractivity contribution is -0.153. The van der Waals surface area contributed by atoms with E-state index in [-0.39, 0.29) is 24.6 Å². The van der Waals surface area contributed by atoms with Crippen molar-refractivity contribution in [2.75, 3.05) is 33.3 Å². The summed E-state index contributed by atoms with van der Waals surface area (Å²) >= 11 is 0. The molecular weight excluding hydrogens is 364 g/mol. The van der Waals surface area contributed by atoms with Gasteiger partial charge in [0.2, 0.25) is 5.91 Å². The molecular formula is C19H24N4O5. The summed E-state index contributed by atoms with van der Waals surface area (Å²) in [6.07, 6.45) is 1.27. The number of rotatable bonds is 8. The van der Waals surface area contributed by atoms with Crippen LogP contribution in [-0.2, 0) is 25.7 Å². The van der Waals surface area contributed by atoms with Crippen molar-refractivity contribution < 1.29 is 19.1 Å². The van der Waals surface area contributed by atoms with Gasteiger partial charge in [0.1, 0.15) is 6.54 Å². The molecule has 2 aromatic rings. The molecule has 2 rings (SSSR count). The first kappa shape index (κ1) is 21.1. The fourth-order valence-corrected chi connectivity index (χ4v) is 2.62. The average molecular weight is 388 g/mol. The van der Waals surface area contributed by atoms with Crippen molar-refractivity contribution in [3.8, 4) is 0 Å². The third kappa shape index (κ3) is 5.15. The van der Waals surface area contributed by atoms with E-state index >= 15 is 0 Å². The van der Waals surface area contributed by atoms with Crippen LogP contribution >= 0.6 is 0 Å². The van der Waals surface area contributed by atoms with Crippen LogP contribution < -0.4 is 5.56 Å². The molecule has 0 bridgehead atoms. The number of likely N-dealkylation sites (N-methyl/N-ethyl adjacent to an activating group) is 2. The molecule has 0 saturated carbocycles. The fourth-order valence-electron chi connectivity index (χ4n) is 2.62. The predicted molar refractivity (Wildman–Crippen MR) is 103 cm³/mol. The van der Waals surface area contributed by atoms with E-state index in [0.717, 1.165) is 4.57 Å². The molecule has 1 aromatic heterocycles. The van der Waals surface area contributed by atoms with Crippen LogP contribution in [0.15, 0.2) is 35.4 Å². The second kappa shape index (κ2) is 9.63. The Balaban J connectivity index is 1.90. The number of hydrogen-bond donors (Lipinski definition) is 0. The molecule has 0 aliphatic carbocycles. The topological polar surface area (TPSA) is 102 Å². The quantitative estimate of drug-likeness (QED) is 0.602. The Bertz CT molecular complexity index is 920. The number of carbonyl (C=O) groups excluding carboxylic acids is 3. The zero-order valence-corrected chi connectivity index (χ0v) is 16.3. The van der Waals surface area contributed by atoms with Gasteiger partial charge in [0.15, 0.2) is 6.61 Å². The fraction of sp³-hybridized carbons (Fsp3) is 0.421. The Morgan fingerprint density at radius 3 is 2.46 bits per heavy atom. The van der Waals surface area contributed by atoms with E-state index in [4.69, 9.17) is 4.74 Å². The maximum absolute atomic E-state index is 12.4. The van der Waals surface area contributed by atoms with Crippen molar-refractivity contribution in [3.63, 3.8) is 0 Å². The lowest BCUT2D eigenvalue weighted by Gasteiger charge is -2.23. The normalized spacial score (nSPS) is 10.5. The largest absolute Gasteiger partial charge is 0.454 e. The lowest BCUT2D eigenvalue weighted by Crippen LogP contribution is -2.42. The highest BCUT2D eigenvalue weighted by atomic mass is 16.5. The predicted octanol–water partition coefficient (Wildman–Crippen LogP) is 0.267. The van der Waals surface area contributed by atoms with Gasteiger partial charge in [-0.25, -0.2) is 4.98 Å². The van der Waals surface area contributed by atoms with Gasteiger partial charge in [-0.15, -0.1) is 0 Å². The summed E-state index contributed by atoms with van der Waals surface area (Å²) in [6, 6.07) is 6.80. The SMILES string of the molecule is CCN(CC)C(=O)CN(C)C(=O)COC(=O)Cn1cnc2ccccc2c1=O. The monoisotopic (exact) mass is 388 g/mol. The number of para-hydroxylation sites is 1. The number of hydrogen-bond acceptors (Lipinski definition) is 6. The van der Waals surface area contributed by atoms with Crippen molar-refractivity contribution in [1.82, 2.24) is 19.4 Å². The summed E-state index contributed by atoms with van der Waals surface area (Å²) in [6.45, 7) is 3.87. The van der Waals surface area contributed by atoms with Crippen LogP contribution in [0, 0.1) is 0 Å². The molecule has 9 heteroatoms. The molecule has 2 amide bonds. The van der Waals surface area contributed by atoms with Crippen LogP contribution in [0.5, 0.6) is 0 Å². The lowest BCUT2D eigenvalue weighted by atomic mass is 10.2. The molecule has 0 unspecified atom stereocenters. The highest BCUT2D eigenvalue weighted by molar-refractivity contribution is 5.86. The van der Waals surface area contributed by atoms with Gasteiger partial charge in [0.25, 0.3) is 11.5 Å². The van der Waals surface area contributed by atoms with Gasteiger partial charge >= 0.3 is 5.97 Å². The van der Waals surface area contributed by atoms with E-state index in [9.17, 15) is 19.2 Å². The number of aromatic nitrogens is 2. The Morgan fingerprint density at radius 2 is 1.79 bits per heavy atom. The van der Waals surface area contributed by atoms with Gasteiger partial charge in [0, 0.05) is 20.1 Å². The standard InChI is InChI=1S/C19H24N4O5/c1-4-22(5-2)16(24)10-21(3)17(25)12-28-18(26)11-23-13-20-15-9-7-6-8-14(15)19(23)27/h6-9,13H,4-5,10-12H2,1-3H3. The number of carbonyl (C=O) groups is 3. The second-order valence-electron chi connectivity index (χ2n) is 6.17. The number of amides is 2. The van der Waals surface area contributed by atoms with E-state index in [1.807, 2.05) is 13.8 Å². The van der Waals surface area contributed by atoms with Crippen LogP contribution in [0.1, 0.15) is 13.8 Å². The van der Waals surface area contributed by atoms with E-state index in [0.29, 0.717) is 24.0 Å². The molecule has 1 heterocycles. The van der Waals surface area contributed by atoms with Gasteiger partial charge < -0.3 is 14.5 Å². The molecule has 0 spiro atoms. The van der Waals surface area contributed by atoms with E-state index in [2.05, 4.69) is 4.98 Å². The maximum atomic E-state index is 12.4. The number of esters is 1. The van der Waals surface area contributed by atoms with Gasteiger partial charge in [-0.2, -0.15) is 0 Å². The minimum Gasteiger partial charge on any atom is -0.454 e. The van der Waals surface area contributed by atoms with Crippen LogP contribution in [0.2, 0.25) is 0 Å². The van der Waals surface area contributed by atoms with Crippen molar-refractivity contribution in [2.24, 2.45) is 0 Å².